The Morgan fingerprint density at radius 1 is 1.24 bits per heavy atom. The van der Waals surface area contributed by atoms with Gasteiger partial charge in [0, 0.05) is 0 Å². The van der Waals surface area contributed by atoms with E-state index in [9.17, 15) is 0 Å². The van der Waals surface area contributed by atoms with Crippen molar-refractivity contribution in [2.75, 3.05) is 5.73 Å². The van der Waals surface area contributed by atoms with E-state index in [1.54, 1.807) is 0 Å². The summed E-state index contributed by atoms with van der Waals surface area (Å²) >= 11 is 4.08. The van der Waals surface area contributed by atoms with Gasteiger partial charge in [-0.1, -0.05) is 27.7 Å². The van der Waals surface area contributed by atoms with Gasteiger partial charge in [0.15, 0.2) is 0 Å². The minimum Gasteiger partial charge on any atom is -0.383 e. The average Bonchev–Trinajstić information content (AvgIpc) is 2.21. The Balaban J connectivity index is 2.89. The van der Waals surface area contributed by atoms with E-state index in [2.05, 4.69) is 60.3 Å². The third-order valence-electron chi connectivity index (χ3n) is 2.14. The molecule has 1 aromatic rings. The lowest BCUT2D eigenvalue weighted by atomic mass is 10.1. The highest BCUT2D eigenvalue weighted by Crippen LogP contribution is 2.22. The van der Waals surface area contributed by atoms with Crippen molar-refractivity contribution in [2.45, 2.75) is 45.1 Å². The van der Waals surface area contributed by atoms with E-state index in [4.69, 9.17) is 5.73 Å². The van der Waals surface area contributed by atoms with Gasteiger partial charge in [-0.05, 0) is 40.2 Å². The number of halogens is 1. The summed E-state index contributed by atoms with van der Waals surface area (Å²) in [5, 5.41) is 0.590. The zero-order valence-corrected chi connectivity index (χ0v) is 13.8. The van der Waals surface area contributed by atoms with Crippen LogP contribution >= 0.6 is 34.4 Å². The molecule has 0 spiro atoms. The average molecular weight is 365 g/mol. The van der Waals surface area contributed by atoms with Gasteiger partial charge in [-0.15, -0.1) is 0 Å². The van der Waals surface area contributed by atoms with Gasteiger partial charge in [-0.2, -0.15) is 11.8 Å². The van der Waals surface area contributed by atoms with Crippen molar-refractivity contribution in [1.82, 2.24) is 9.97 Å². The maximum absolute atomic E-state index is 5.94. The fraction of sp³-hybridized carbons (Fsp3) is 0.667. The first-order valence-corrected chi connectivity index (χ1v) is 7.95. The van der Waals surface area contributed by atoms with Gasteiger partial charge in [-0.25, -0.2) is 9.97 Å². The molecule has 0 amide bonds. The summed E-state index contributed by atoms with van der Waals surface area (Å²) in [6.45, 7) is 8.74. The van der Waals surface area contributed by atoms with E-state index in [1.807, 2.05) is 11.8 Å². The third-order valence-corrected chi connectivity index (χ3v) is 4.41. The van der Waals surface area contributed by atoms with E-state index in [0.29, 0.717) is 17.0 Å². The molecular formula is C12H20IN3S. The highest BCUT2D eigenvalue weighted by Gasteiger charge is 2.11. The van der Waals surface area contributed by atoms with Gasteiger partial charge in [-0.3, -0.25) is 0 Å². The van der Waals surface area contributed by atoms with Gasteiger partial charge < -0.3 is 5.73 Å². The summed E-state index contributed by atoms with van der Waals surface area (Å²) in [5.74, 6) is 2.90. The number of nitrogens with zero attached hydrogens (tertiary/aromatic N) is 2. The molecule has 3 nitrogen and oxygen atoms in total. The number of nitrogens with two attached hydrogens (primary N) is 1. The molecule has 96 valence electrons. The van der Waals surface area contributed by atoms with E-state index in [1.165, 1.54) is 0 Å². The first-order valence-electron chi connectivity index (χ1n) is 5.82. The number of hydrogen-bond acceptors (Lipinski definition) is 4. The summed E-state index contributed by atoms with van der Waals surface area (Å²) in [5.41, 5.74) is 7.03. The quantitative estimate of drug-likeness (QED) is 0.812. The lowest BCUT2D eigenvalue weighted by Crippen LogP contribution is -2.09. The van der Waals surface area contributed by atoms with E-state index in [-0.39, 0.29) is 0 Å². The van der Waals surface area contributed by atoms with Crippen LogP contribution in [0.1, 0.15) is 39.2 Å². The summed E-state index contributed by atoms with van der Waals surface area (Å²) in [4.78, 5) is 8.98. The Bertz CT molecular complexity index is 380. The molecule has 0 bridgehead atoms. The summed E-state index contributed by atoms with van der Waals surface area (Å²) in [6.07, 6.45) is 0.963. The number of hydrogen-bond donors (Lipinski definition) is 1. The molecule has 0 radical (unpaired) electrons. The van der Waals surface area contributed by atoms with Crippen molar-refractivity contribution in [3.05, 3.63) is 15.1 Å². The van der Waals surface area contributed by atoms with Crippen LogP contribution in [0.25, 0.3) is 0 Å². The zero-order chi connectivity index (χ0) is 13.0. The highest BCUT2D eigenvalue weighted by atomic mass is 127. The molecule has 0 aliphatic carbocycles. The topological polar surface area (TPSA) is 51.8 Å². The van der Waals surface area contributed by atoms with Gasteiger partial charge in [0.25, 0.3) is 0 Å². The summed E-state index contributed by atoms with van der Waals surface area (Å²) < 4.78 is 1.01. The lowest BCUT2D eigenvalue weighted by molar-refractivity contribution is 0.629. The Kier molecular flexibility index (Phi) is 5.99. The Labute approximate surface area is 122 Å². The predicted octanol–water partition coefficient (Wildman–Crippen LogP) is 3.50. The first kappa shape index (κ1) is 15.0. The third kappa shape index (κ3) is 4.99. The second kappa shape index (κ2) is 6.78. The van der Waals surface area contributed by atoms with Crippen LogP contribution < -0.4 is 5.73 Å². The number of nitrogen functional groups attached to an aromatic ring is 1. The molecule has 0 aliphatic rings. The number of rotatable bonds is 5. The molecule has 0 saturated heterocycles. The Morgan fingerprint density at radius 2 is 1.88 bits per heavy atom. The SMILES string of the molecule is CC(C)Cc1nc(CSC(C)C)nc(N)c1I. The largest absolute Gasteiger partial charge is 0.383 e. The highest BCUT2D eigenvalue weighted by molar-refractivity contribution is 14.1. The van der Waals surface area contributed by atoms with Crippen LogP contribution in [0.15, 0.2) is 0 Å². The second-order valence-electron chi connectivity index (χ2n) is 4.74. The van der Waals surface area contributed by atoms with Crippen molar-refractivity contribution >= 4 is 40.2 Å². The van der Waals surface area contributed by atoms with Gasteiger partial charge >= 0.3 is 0 Å². The number of aromatic nitrogens is 2. The number of anilines is 1. The smallest absolute Gasteiger partial charge is 0.140 e. The van der Waals surface area contributed by atoms with Crippen molar-refractivity contribution in [3.63, 3.8) is 0 Å². The Morgan fingerprint density at radius 3 is 2.41 bits per heavy atom. The van der Waals surface area contributed by atoms with Crippen LogP contribution in [0.5, 0.6) is 0 Å². The van der Waals surface area contributed by atoms with Crippen molar-refractivity contribution < 1.29 is 0 Å². The van der Waals surface area contributed by atoms with Crippen molar-refractivity contribution in [1.29, 1.82) is 0 Å². The molecule has 0 fully saturated rings. The molecule has 0 atom stereocenters. The molecule has 1 aromatic heterocycles. The molecule has 5 heteroatoms. The molecule has 2 N–H and O–H groups in total. The second-order valence-corrected chi connectivity index (χ2v) is 7.39. The molecule has 1 heterocycles. The maximum atomic E-state index is 5.94. The van der Waals surface area contributed by atoms with Crippen LogP contribution in [0.2, 0.25) is 0 Å². The van der Waals surface area contributed by atoms with Gasteiger partial charge in [0.2, 0.25) is 0 Å². The molecule has 0 aliphatic heterocycles. The maximum Gasteiger partial charge on any atom is 0.140 e. The minimum absolute atomic E-state index is 0.586. The minimum atomic E-state index is 0.586. The van der Waals surface area contributed by atoms with Crippen LogP contribution in [0, 0.1) is 9.49 Å². The van der Waals surface area contributed by atoms with Crippen LogP contribution in [-0.2, 0) is 12.2 Å². The Hall–Kier alpha value is -0.0400. The fourth-order valence-electron chi connectivity index (χ4n) is 1.39. The number of thioether (sulfide) groups is 1. The van der Waals surface area contributed by atoms with E-state index >= 15 is 0 Å². The first-order chi connectivity index (χ1) is 7.90. The normalized spacial score (nSPS) is 11.5. The van der Waals surface area contributed by atoms with Crippen molar-refractivity contribution in [2.24, 2.45) is 5.92 Å². The predicted molar refractivity (Wildman–Crippen MR) is 84.1 cm³/mol. The molecule has 0 aromatic carbocycles. The summed E-state index contributed by atoms with van der Waals surface area (Å²) in [7, 11) is 0. The summed E-state index contributed by atoms with van der Waals surface area (Å²) in [6, 6.07) is 0. The molecule has 1 rings (SSSR count). The van der Waals surface area contributed by atoms with Gasteiger partial charge in [0.1, 0.15) is 11.6 Å². The fourth-order valence-corrected chi connectivity index (χ4v) is 2.47. The zero-order valence-electron chi connectivity index (χ0n) is 10.8. The molecule has 0 saturated carbocycles. The van der Waals surface area contributed by atoms with Crippen LogP contribution in [0.4, 0.5) is 5.82 Å². The van der Waals surface area contributed by atoms with Gasteiger partial charge in [0.05, 0.1) is 15.0 Å². The molecule has 0 unspecified atom stereocenters. The van der Waals surface area contributed by atoms with E-state index in [0.717, 1.165) is 27.3 Å². The standard InChI is InChI=1S/C12H20IN3S/c1-7(2)5-9-11(13)12(14)16-10(15-9)6-17-8(3)4/h7-8H,5-6H2,1-4H3,(H2,14,15,16). The van der Waals surface area contributed by atoms with Crippen molar-refractivity contribution in [3.8, 4) is 0 Å². The van der Waals surface area contributed by atoms with Crippen LogP contribution in [-0.4, -0.2) is 15.2 Å². The van der Waals surface area contributed by atoms with E-state index < -0.39 is 0 Å². The molecule has 17 heavy (non-hydrogen) atoms. The lowest BCUT2D eigenvalue weighted by Gasteiger charge is -2.11. The molecular weight excluding hydrogens is 345 g/mol. The van der Waals surface area contributed by atoms with Crippen LogP contribution in [0.3, 0.4) is 0 Å². The monoisotopic (exact) mass is 365 g/mol.